The predicted octanol–water partition coefficient (Wildman–Crippen LogP) is 1.22. The molecule has 94 valence electrons. The van der Waals surface area contributed by atoms with E-state index in [1.165, 1.54) is 45.2 Å². The SMILES string of the molecule is CCC1CC(NCCO)CN(C2CCC2)C1. The zero-order valence-electron chi connectivity index (χ0n) is 10.5. The van der Waals surface area contributed by atoms with Crippen molar-refractivity contribution >= 4 is 0 Å². The van der Waals surface area contributed by atoms with Gasteiger partial charge < -0.3 is 10.4 Å². The van der Waals surface area contributed by atoms with Crippen molar-refractivity contribution in [1.29, 1.82) is 0 Å². The highest BCUT2D eigenvalue weighted by molar-refractivity contribution is 4.89. The van der Waals surface area contributed by atoms with E-state index in [0.29, 0.717) is 6.04 Å². The van der Waals surface area contributed by atoms with Gasteiger partial charge in [-0.05, 0) is 25.2 Å². The van der Waals surface area contributed by atoms with Crippen molar-refractivity contribution in [2.45, 2.75) is 51.1 Å². The zero-order chi connectivity index (χ0) is 11.4. The third kappa shape index (κ3) is 2.96. The highest BCUT2D eigenvalue weighted by atomic mass is 16.3. The summed E-state index contributed by atoms with van der Waals surface area (Å²) in [4.78, 5) is 2.69. The van der Waals surface area contributed by atoms with E-state index in [0.717, 1.165) is 18.5 Å². The van der Waals surface area contributed by atoms with Crippen LogP contribution in [0.4, 0.5) is 0 Å². The van der Waals surface area contributed by atoms with Crippen LogP contribution in [0.3, 0.4) is 0 Å². The number of aliphatic hydroxyl groups excluding tert-OH is 1. The van der Waals surface area contributed by atoms with Gasteiger partial charge in [0, 0.05) is 31.7 Å². The number of likely N-dealkylation sites (tertiary alicyclic amines) is 1. The molecule has 16 heavy (non-hydrogen) atoms. The van der Waals surface area contributed by atoms with Crippen LogP contribution in [-0.4, -0.2) is 48.3 Å². The first-order valence-corrected chi connectivity index (χ1v) is 6.91. The van der Waals surface area contributed by atoms with Crippen LogP contribution in [0.25, 0.3) is 0 Å². The molecule has 1 saturated heterocycles. The fourth-order valence-electron chi connectivity index (χ4n) is 3.00. The van der Waals surface area contributed by atoms with Gasteiger partial charge in [-0.2, -0.15) is 0 Å². The molecule has 0 amide bonds. The molecule has 1 aliphatic heterocycles. The number of piperidine rings is 1. The van der Waals surface area contributed by atoms with E-state index in [4.69, 9.17) is 5.11 Å². The molecule has 1 aliphatic carbocycles. The Morgan fingerprint density at radius 1 is 1.31 bits per heavy atom. The van der Waals surface area contributed by atoms with Crippen LogP contribution in [0.5, 0.6) is 0 Å². The second kappa shape index (κ2) is 5.99. The van der Waals surface area contributed by atoms with Crippen molar-refractivity contribution in [3.8, 4) is 0 Å². The van der Waals surface area contributed by atoms with E-state index in [-0.39, 0.29) is 6.61 Å². The van der Waals surface area contributed by atoms with Crippen LogP contribution in [-0.2, 0) is 0 Å². The van der Waals surface area contributed by atoms with E-state index in [2.05, 4.69) is 17.1 Å². The monoisotopic (exact) mass is 226 g/mol. The van der Waals surface area contributed by atoms with Gasteiger partial charge in [0.15, 0.2) is 0 Å². The van der Waals surface area contributed by atoms with E-state index in [9.17, 15) is 0 Å². The third-order valence-electron chi connectivity index (χ3n) is 4.28. The summed E-state index contributed by atoms with van der Waals surface area (Å²) in [6.45, 7) is 5.81. The summed E-state index contributed by atoms with van der Waals surface area (Å²) >= 11 is 0. The van der Waals surface area contributed by atoms with E-state index in [1.54, 1.807) is 0 Å². The number of aliphatic hydroxyl groups is 1. The third-order valence-corrected chi connectivity index (χ3v) is 4.28. The minimum Gasteiger partial charge on any atom is -0.395 e. The highest BCUT2D eigenvalue weighted by Crippen LogP contribution is 2.30. The summed E-state index contributed by atoms with van der Waals surface area (Å²) in [5.41, 5.74) is 0. The molecule has 0 radical (unpaired) electrons. The van der Waals surface area contributed by atoms with Crippen LogP contribution in [0.15, 0.2) is 0 Å². The topological polar surface area (TPSA) is 35.5 Å². The Bertz CT molecular complexity index is 206. The lowest BCUT2D eigenvalue weighted by Crippen LogP contribution is -2.54. The zero-order valence-corrected chi connectivity index (χ0v) is 10.5. The number of hydrogen-bond donors (Lipinski definition) is 2. The van der Waals surface area contributed by atoms with Gasteiger partial charge in [-0.3, -0.25) is 4.90 Å². The molecule has 3 heteroatoms. The molecular formula is C13H26N2O. The number of nitrogens with zero attached hydrogens (tertiary/aromatic N) is 1. The smallest absolute Gasteiger partial charge is 0.0556 e. The maximum atomic E-state index is 8.88. The summed E-state index contributed by atoms with van der Waals surface area (Å²) in [5, 5.41) is 12.4. The Morgan fingerprint density at radius 3 is 2.69 bits per heavy atom. The standard InChI is InChI=1S/C13H26N2O/c1-2-11-8-12(14-6-7-16)10-15(9-11)13-4-3-5-13/h11-14,16H,2-10H2,1H3. The molecule has 1 saturated carbocycles. The Labute approximate surface area is 99.2 Å². The molecule has 2 atom stereocenters. The van der Waals surface area contributed by atoms with Gasteiger partial charge in [-0.25, -0.2) is 0 Å². The lowest BCUT2D eigenvalue weighted by molar-refractivity contribution is 0.0565. The van der Waals surface area contributed by atoms with Gasteiger partial charge in [0.05, 0.1) is 6.61 Å². The van der Waals surface area contributed by atoms with Crippen molar-refractivity contribution in [2.24, 2.45) is 5.92 Å². The van der Waals surface area contributed by atoms with Crippen molar-refractivity contribution in [3.63, 3.8) is 0 Å². The molecule has 2 fully saturated rings. The van der Waals surface area contributed by atoms with Crippen LogP contribution >= 0.6 is 0 Å². The summed E-state index contributed by atoms with van der Waals surface area (Å²) in [6, 6.07) is 1.47. The molecule has 3 nitrogen and oxygen atoms in total. The van der Waals surface area contributed by atoms with Crippen LogP contribution in [0, 0.1) is 5.92 Å². The summed E-state index contributed by atoms with van der Waals surface area (Å²) < 4.78 is 0. The first-order chi connectivity index (χ1) is 7.83. The lowest BCUT2D eigenvalue weighted by Gasteiger charge is -2.45. The molecule has 0 spiro atoms. The molecule has 0 aromatic heterocycles. The van der Waals surface area contributed by atoms with E-state index < -0.39 is 0 Å². The van der Waals surface area contributed by atoms with Crippen molar-refractivity contribution < 1.29 is 5.11 Å². The Morgan fingerprint density at radius 2 is 2.12 bits per heavy atom. The first kappa shape index (κ1) is 12.3. The molecule has 2 N–H and O–H groups in total. The van der Waals surface area contributed by atoms with Crippen molar-refractivity contribution in [2.75, 3.05) is 26.2 Å². The van der Waals surface area contributed by atoms with Crippen LogP contribution < -0.4 is 5.32 Å². The minimum absolute atomic E-state index is 0.261. The quantitative estimate of drug-likeness (QED) is 0.740. The number of rotatable bonds is 5. The molecule has 0 aromatic carbocycles. The minimum atomic E-state index is 0.261. The predicted molar refractivity (Wildman–Crippen MR) is 66.5 cm³/mol. The average Bonchev–Trinajstić information content (AvgIpc) is 2.23. The van der Waals surface area contributed by atoms with E-state index >= 15 is 0 Å². The fraction of sp³-hybridized carbons (Fsp3) is 1.00. The summed E-state index contributed by atoms with van der Waals surface area (Å²) in [7, 11) is 0. The van der Waals surface area contributed by atoms with E-state index in [1.807, 2.05) is 0 Å². The van der Waals surface area contributed by atoms with Gasteiger partial charge in [0.25, 0.3) is 0 Å². The summed E-state index contributed by atoms with van der Waals surface area (Å²) in [6.07, 6.45) is 6.82. The first-order valence-electron chi connectivity index (χ1n) is 6.91. The van der Waals surface area contributed by atoms with Gasteiger partial charge >= 0.3 is 0 Å². The lowest BCUT2D eigenvalue weighted by atomic mass is 9.85. The molecule has 1 heterocycles. The molecule has 2 rings (SSSR count). The average molecular weight is 226 g/mol. The summed E-state index contributed by atoms with van der Waals surface area (Å²) in [5.74, 6) is 0.852. The Balaban J connectivity index is 1.83. The molecule has 2 aliphatic rings. The van der Waals surface area contributed by atoms with Gasteiger partial charge in [0.1, 0.15) is 0 Å². The maximum absolute atomic E-state index is 8.88. The Hall–Kier alpha value is -0.120. The molecule has 2 unspecified atom stereocenters. The normalized spacial score (nSPS) is 32.6. The molecule has 0 aromatic rings. The number of hydrogen-bond acceptors (Lipinski definition) is 3. The molecule has 0 bridgehead atoms. The second-order valence-electron chi connectivity index (χ2n) is 5.42. The fourth-order valence-corrected chi connectivity index (χ4v) is 3.00. The number of nitrogens with one attached hydrogen (secondary N) is 1. The second-order valence-corrected chi connectivity index (χ2v) is 5.42. The van der Waals surface area contributed by atoms with Gasteiger partial charge in [-0.1, -0.05) is 19.8 Å². The highest BCUT2D eigenvalue weighted by Gasteiger charge is 2.32. The van der Waals surface area contributed by atoms with Crippen molar-refractivity contribution in [1.82, 2.24) is 10.2 Å². The molecular weight excluding hydrogens is 200 g/mol. The van der Waals surface area contributed by atoms with Crippen molar-refractivity contribution in [3.05, 3.63) is 0 Å². The maximum Gasteiger partial charge on any atom is 0.0556 e. The largest absolute Gasteiger partial charge is 0.395 e. The Kier molecular flexibility index (Phi) is 4.62. The van der Waals surface area contributed by atoms with Gasteiger partial charge in [0.2, 0.25) is 0 Å². The van der Waals surface area contributed by atoms with Gasteiger partial charge in [-0.15, -0.1) is 0 Å². The van der Waals surface area contributed by atoms with Crippen LogP contribution in [0.1, 0.15) is 39.0 Å². The van der Waals surface area contributed by atoms with Crippen LogP contribution in [0.2, 0.25) is 0 Å².